The molecular weight excluding hydrogens is 294 g/mol. The first-order valence-corrected chi connectivity index (χ1v) is 8.22. The minimum absolute atomic E-state index is 0.143. The molecule has 0 bridgehead atoms. The summed E-state index contributed by atoms with van der Waals surface area (Å²) in [6.45, 7) is 2.67. The van der Waals surface area contributed by atoms with E-state index < -0.39 is 10.0 Å². The van der Waals surface area contributed by atoms with Gasteiger partial charge in [-0.2, -0.15) is 0 Å². The van der Waals surface area contributed by atoms with Gasteiger partial charge in [0.05, 0.1) is 20.3 Å². The van der Waals surface area contributed by atoms with Crippen LogP contribution in [0.1, 0.15) is 5.56 Å². The Kier molecular flexibility index (Phi) is 5.54. The van der Waals surface area contributed by atoms with E-state index in [9.17, 15) is 8.42 Å². The Morgan fingerprint density at radius 1 is 1.33 bits per heavy atom. The number of benzene rings is 1. The number of hydrogen-bond acceptors (Lipinski definition) is 6. The fourth-order valence-corrected chi connectivity index (χ4v) is 3.46. The molecule has 1 aromatic rings. The van der Waals surface area contributed by atoms with Crippen molar-refractivity contribution in [1.82, 2.24) is 15.2 Å². The second-order valence-electron chi connectivity index (χ2n) is 4.71. The van der Waals surface area contributed by atoms with E-state index in [4.69, 9.17) is 9.47 Å². The van der Waals surface area contributed by atoms with Crippen LogP contribution in [0.2, 0.25) is 0 Å². The van der Waals surface area contributed by atoms with Gasteiger partial charge in [0, 0.05) is 19.6 Å². The molecule has 0 aliphatic carbocycles. The predicted molar refractivity (Wildman–Crippen MR) is 78.5 cm³/mol. The molecule has 1 aliphatic heterocycles. The summed E-state index contributed by atoms with van der Waals surface area (Å²) in [5.74, 6) is 0.329. The van der Waals surface area contributed by atoms with E-state index in [1.165, 1.54) is 7.11 Å². The van der Waals surface area contributed by atoms with Crippen LogP contribution in [0, 0.1) is 0 Å². The van der Waals surface area contributed by atoms with Crippen molar-refractivity contribution in [2.45, 2.75) is 11.4 Å². The molecule has 2 rings (SSSR count). The van der Waals surface area contributed by atoms with E-state index >= 15 is 0 Å². The number of methoxy groups -OCH3 is 1. The Hall–Kier alpha value is -1.19. The van der Waals surface area contributed by atoms with Gasteiger partial charge in [-0.3, -0.25) is 0 Å². The molecule has 1 aliphatic rings. The topological polar surface area (TPSA) is 79.9 Å². The second-order valence-corrected chi connectivity index (χ2v) is 6.34. The number of hydrazine groups is 1. The number of nitrogens with zero attached hydrogens (tertiary/aromatic N) is 1. The summed E-state index contributed by atoms with van der Waals surface area (Å²) in [7, 11) is -0.407. The quantitative estimate of drug-likeness (QED) is 0.766. The second kappa shape index (κ2) is 7.19. The number of nitrogens with one attached hydrogen (secondary N) is 2. The van der Waals surface area contributed by atoms with Gasteiger partial charge in [0.25, 0.3) is 10.0 Å². The lowest BCUT2D eigenvalue weighted by atomic mass is 10.2. The molecule has 0 amide bonds. The van der Waals surface area contributed by atoms with E-state index in [1.807, 2.05) is 13.1 Å². The minimum atomic E-state index is -3.68. The summed E-state index contributed by atoms with van der Waals surface area (Å²) in [5, 5.41) is 4.64. The molecular formula is C13H21N3O4S. The van der Waals surface area contributed by atoms with Gasteiger partial charge >= 0.3 is 0 Å². The molecule has 1 fully saturated rings. The van der Waals surface area contributed by atoms with Gasteiger partial charge in [-0.25, -0.2) is 13.4 Å². The molecule has 0 aromatic heterocycles. The molecule has 0 saturated carbocycles. The first-order valence-electron chi connectivity index (χ1n) is 6.73. The Labute approximate surface area is 125 Å². The largest absolute Gasteiger partial charge is 0.495 e. The van der Waals surface area contributed by atoms with Crippen LogP contribution in [0.15, 0.2) is 23.1 Å². The average molecular weight is 315 g/mol. The first kappa shape index (κ1) is 16.2. The summed E-state index contributed by atoms with van der Waals surface area (Å²) < 4.78 is 35.5. The van der Waals surface area contributed by atoms with Crippen molar-refractivity contribution in [1.29, 1.82) is 0 Å². The minimum Gasteiger partial charge on any atom is -0.495 e. The molecule has 0 radical (unpaired) electrons. The van der Waals surface area contributed by atoms with Gasteiger partial charge in [0.1, 0.15) is 10.6 Å². The third kappa shape index (κ3) is 4.14. The van der Waals surface area contributed by atoms with Crippen molar-refractivity contribution in [3.63, 3.8) is 0 Å². The van der Waals surface area contributed by atoms with Gasteiger partial charge in [0.2, 0.25) is 0 Å². The van der Waals surface area contributed by atoms with Crippen LogP contribution in [0.4, 0.5) is 0 Å². The SMILES string of the molecule is CNCc1ccc(OC)c(S(=O)(=O)NN2CCOCC2)c1. The van der Waals surface area contributed by atoms with Gasteiger partial charge in [-0.15, -0.1) is 4.83 Å². The Balaban J connectivity index is 2.26. The maximum Gasteiger partial charge on any atom is 0.257 e. The molecule has 1 heterocycles. The van der Waals surface area contributed by atoms with Crippen molar-refractivity contribution in [3.05, 3.63) is 23.8 Å². The monoisotopic (exact) mass is 315 g/mol. The zero-order valence-corrected chi connectivity index (χ0v) is 13.1. The molecule has 8 heteroatoms. The van der Waals surface area contributed by atoms with Crippen LogP contribution in [0.3, 0.4) is 0 Å². The van der Waals surface area contributed by atoms with Crippen LogP contribution in [0.25, 0.3) is 0 Å². The normalized spacial score (nSPS) is 16.9. The molecule has 1 saturated heterocycles. The first-order chi connectivity index (χ1) is 10.1. The summed E-state index contributed by atoms with van der Waals surface area (Å²) in [6.07, 6.45) is 0. The summed E-state index contributed by atoms with van der Waals surface area (Å²) in [6, 6.07) is 5.13. The van der Waals surface area contributed by atoms with Gasteiger partial charge in [-0.05, 0) is 24.7 Å². The van der Waals surface area contributed by atoms with Crippen molar-refractivity contribution in [2.24, 2.45) is 0 Å². The molecule has 0 unspecified atom stereocenters. The van der Waals surface area contributed by atoms with E-state index in [0.717, 1.165) is 5.56 Å². The highest BCUT2D eigenvalue weighted by Crippen LogP contribution is 2.25. The fourth-order valence-electron chi connectivity index (χ4n) is 2.12. The molecule has 2 N–H and O–H groups in total. The van der Waals surface area contributed by atoms with E-state index in [1.54, 1.807) is 17.1 Å². The van der Waals surface area contributed by atoms with E-state index in [2.05, 4.69) is 10.1 Å². The Bertz CT molecular complexity index is 571. The van der Waals surface area contributed by atoms with Crippen molar-refractivity contribution in [3.8, 4) is 5.75 Å². The van der Waals surface area contributed by atoms with Gasteiger partial charge in [-0.1, -0.05) is 6.07 Å². The van der Waals surface area contributed by atoms with E-state index in [0.29, 0.717) is 38.6 Å². The lowest BCUT2D eigenvalue weighted by Gasteiger charge is -2.27. The smallest absolute Gasteiger partial charge is 0.257 e. The number of hydrogen-bond donors (Lipinski definition) is 2. The molecule has 118 valence electrons. The standard InChI is InChI=1S/C13H21N3O4S/c1-14-10-11-3-4-12(19-2)13(9-11)21(17,18)15-16-5-7-20-8-6-16/h3-4,9,14-15H,5-8,10H2,1-2H3. The molecule has 21 heavy (non-hydrogen) atoms. The molecule has 0 atom stereocenters. The van der Waals surface area contributed by atoms with Crippen LogP contribution in [-0.2, 0) is 21.3 Å². The highest BCUT2D eigenvalue weighted by molar-refractivity contribution is 7.89. The zero-order valence-electron chi connectivity index (χ0n) is 12.3. The number of rotatable bonds is 6. The third-order valence-corrected chi connectivity index (χ3v) is 4.56. The fraction of sp³-hybridized carbons (Fsp3) is 0.538. The van der Waals surface area contributed by atoms with Crippen molar-refractivity contribution >= 4 is 10.0 Å². The summed E-state index contributed by atoms with van der Waals surface area (Å²) in [5.41, 5.74) is 0.876. The molecule has 7 nitrogen and oxygen atoms in total. The maximum absolute atomic E-state index is 12.5. The Morgan fingerprint density at radius 3 is 2.67 bits per heavy atom. The zero-order chi connectivity index (χ0) is 15.3. The van der Waals surface area contributed by atoms with Crippen LogP contribution < -0.4 is 14.9 Å². The number of morpholine rings is 1. The predicted octanol–water partition coefficient (Wildman–Crippen LogP) is -0.0599. The lowest BCUT2D eigenvalue weighted by Crippen LogP contribution is -2.48. The Morgan fingerprint density at radius 2 is 2.05 bits per heavy atom. The summed E-state index contributed by atoms with van der Waals surface area (Å²) >= 11 is 0. The third-order valence-electron chi connectivity index (χ3n) is 3.16. The average Bonchev–Trinajstić information content (AvgIpc) is 2.48. The number of sulfonamides is 1. The van der Waals surface area contributed by atoms with Crippen molar-refractivity contribution in [2.75, 3.05) is 40.5 Å². The highest BCUT2D eigenvalue weighted by Gasteiger charge is 2.24. The maximum atomic E-state index is 12.5. The van der Waals surface area contributed by atoms with Crippen LogP contribution in [0.5, 0.6) is 5.75 Å². The summed E-state index contributed by atoms with van der Waals surface area (Å²) in [4.78, 5) is 2.72. The van der Waals surface area contributed by atoms with Crippen LogP contribution in [-0.4, -0.2) is 53.9 Å². The van der Waals surface area contributed by atoms with E-state index in [-0.39, 0.29) is 4.90 Å². The van der Waals surface area contributed by atoms with Crippen LogP contribution >= 0.6 is 0 Å². The van der Waals surface area contributed by atoms with Gasteiger partial charge < -0.3 is 14.8 Å². The number of ether oxygens (including phenoxy) is 2. The highest BCUT2D eigenvalue weighted by atomic mass is 32.2. The van der Waals surface area contributed by atoms with Crippen molar-refractivity contribution < 1.29 is 17.9 Å². The lowest BCUT2D eigenvalue weighted by molar-refractivity contribution is 0.0272. The van der Waals surface area contributed by atoms with Gasteiger partial charge in [0.15, 0.2) is 0 Å². The molecule has 1 aromatic carbocycles. The molecule has 0 spiro atoms.